The third-order valence-corrected chi connectivity index (χ3v) is 4.62. The van der Waals surface area contributed by atoms with E-state index >= 15 is 0 Å². The van der Waals surface area contributed by atoms with Crippen molar-refractivity contribution < 1.29 is 9.18 Å². The standard InChI is InChI=1S/C17H23FN2O.ClH/c1-12-7-8-20(16(21)11-19-10-13-5-6-13)17(12)14-3-2-4-15(18)9-14;/h2-4,9,12-13,17,19H,5-8,10-11H2,1H3;1H. The van der Waals surface area contributed by atoms with E-state index in [-0.39, 0.29) is 30.2 Å². The summed E-state index contributed by atoms with van der Waals surface area (Å²) in [4.78, 5) is 14.3. The van der Waals surface area contributed by atoms with Gasteiger partial charge < -0.3 is 10.2 Å². The largest absolute Gasteiger partial charge is 0.334 e. The van der Waals surface area contributed by atoms with Crippen molar-refractivity contribution in [2.75, 3.05) is 19.6 Å². The molecule has 22 heavy (non-hydrogen) atoms. The van der Waals surface area contributed by atoms with Crippen molar-refractivity contribution in [3.8, 4) is 0 Å². The molecule has 122 valence electrons. The maximum absolute atomic E-state index is 13.5. The lowest BCUT2D eigenvalue weighted by Gasteiger charge is -2.27. The van der Waals surface area contributed by atoms with Gasteiger partial charge in [0.05, 0.1) is 12.6 Å². The maximum atomic E-state index is 13.5. The quantitative estimate of drug-likeness (QED) is 0.901. The molecule has 0 spiro atoms. The van der Waals surface area contributed by atoms with Crippen LogP contribution in [0.1, 0.15) is 37.8 Å². The van der Waals surface area contributed by atoms with E-state index in [9.17, 15) is 9.18 Å². The molecule has 5 heteroatoms. The number of rotatable bonds is 5. The van der Waals surface area contributed by atoms with Crippen LogP contribution in [0.2, 0.25) is 0 Å². The van der Waals surface area contributed by atoms with Crippen molar-refractivity contribution in [1.29, 1.82) is 0 Å². The maximum Gasteiger partial charge on any atom is 0.237 e. The van der Waals surface area contributed by atoms with E-state index in [1.165, 1.54) is 18.9 Å². The van der Waals surface area contributed by atoms with E-state index in [4.69, 9.17) is 0 Å². The zero-order chi connectivity index (χ0) is 14.8. The number of carbonyl (C=O) groups is 1. The highest BCUT2D eigenvalue weighted by Gasteiger charge is 2.35. The summed E-state index contributed by atoms with van der Waals surface area (Å²) in [6, 6.07) is 6.67. The molecular formula is C17H24ClFN2O. The summed E-state index contributed by atoms with van der Waals surface area (Å²) < 4.78 is 13.5. The lowest BCUT2D eigenvalue weighted by Crippen LogP contribution is -2.39. The third kappa shape index (κ3) is 3.99. The Hall–Kier alpha value is -1.13. The molecule has 1 saturated heterocycles. The fraction of sp³-hybridized carbons (Fsp3) is 0.588. The van der Waals surface area contributed by atoms with E-state index in [2.05, 4.69) is 12.2 Å². The Morgan fingerprint density at radius 1 is 1.36 bits per heavy atom. The third-order valence-electron chi connectivity index (χ3n) is 4.62. The van der Waals surface area contributed by atoms with Crippen LogP contribution in [-0.4, -0.2) is 30.4 Å². The molecular weight excluding hydrogens is 303 g/mol. The number of nitrogens with zero attached hydrogens (tertiary/aromatic N) is 1. The molecule has 2 fully saturated rings. The van der Waals surface area contributed by atoms with Gasteiger partial charge in [-0.3, -0.25) is 4.79 Å². The molecule has 1 aromatic rings. The number of benzene rings is 1. The van der Waals surface area contributed by atoms with Gasteiger partial charge in [-0.1, -0.05) is 19.1 Å². The number of hydrogen-bond acceptors (Lipinski definition) is 2. The van der Waals surface area contributed by atoms with Gasteiger partial charge in [0.1, 0.15) is 5.82 Å². The zero-order valence-corrected chi connectivity index (χ0v) is 13.7. The van der Waals surface area contributed by atoms with Crippen molar-refractivity contribution >= 4 is 18.3 Å². The summed E-state index contributed by atoms with van der Waals surface area (Å²) in [5, 5.41) is 3.26. The Kier molecular flexibility index (Phi) is 5.81. The molecule has 1 aromatic carbocycles. The van der Waals surface area contributed by atoms with Gasteiger partial charge in [0.2, 0.25) is 5.91 Å². The fourth-order valence-corrected chi connectivity index (χ4v) is 3.23. The number of nitrogens with one attached hydrogen (secondary N) is 1. The second-order valence-electron chi connectivity index (χ2n) is 6.43. The number of carbonyl (C=O) groups excluding carboxylic acids is 1. The molecule has 1 heterocycles. The van der Waals surface area contributed by atoms with Gasteiger partial charge in [0.15, 0.2) is 0 Å². The number of likely N-dealkylation sites (tertiary alicyclic amines) is 1. The van der Waals surface area contributed by atoms with Crippen LogP contribution in [0.25, 0.3) is 0 Å². The summed E-state index contributed by atoms with van der Waals surface area (Å²) in [7, 11) is 0. The molecule has 1 N–H and O–H groups in total. The first-order chi connectivity index (χ1) is 10.1. The van der Waals surface area contributed by atoms with Crippen molar-refractivity contribution in [2.24, 2.45) is 11.8 Å². The first-order valence-electron chi connectivity index (χ1n) is 7.91. The van der Waals surface area contributed by atoms with Gasteiger partial charge in [-0.25, -0.2) is 4.39 Å². The Morgan fingerprint density at radius 2 is 2.14 bits per heavy atom. The van der Waals surface area contributed by atoms with E-state index in [0.717, 1.165) is 31.0 Å². The van der Waals surface area contributed by atoms with Gasteiger partial charge in [0, 0.05) is 6.54 Å². The predicted molar refractivity (Wildman–Crippen MR) is 87.5 cm³/mol. The monoisotopic (exact) mass is 326 g/mol. The first kappa shape index (κ1) is 17.2. The van der Waals surface area contributed by atoms with Crippen LogP contribution in [0, 0.1) is 17.7 Å². The van der Waals surface area contributed by atoms with Gasteiger partial charge in [0.25, 0.3) is 0 Å². The second kappa shape index (κ2) is 7.42. The number of hydrogen-bond donors (Lipinski definition) is 1. The minimum atomic E-state index is -0.231. The normalized spacial score (nSPS) is 24.2. The molecule has 1 aliphatic heterocycles. The zero-order valence-electron chi connectivity index (χ0n) is 12.9. The molecule has 0 radical (unpaired) electrons. The van der Waals surface area contributed by atoms with Crippen LogP contribution in [0.15, 0.2) is 24.3 Å². The molecule has 1 aliphatic carbocycles. The summed E-state index contributed by atoms with van der Waals surface area (Å²) >= 11 is 0. The number of halogens is 2. The predicted octanol–water partition coefficient (Wildman–Crippen LogP) is 3.16. The van der Waals surface area contributed by atoms with Crippen LogP contribution < -0.4 is 5.32 Å². The van der Waals surface area contributed by atoms with Crippen LogP contribution in [0.5, 0.6) is 0 Å². The average molecular weight is 327 g/mol. The second-order valence-corrected chi connectivity index (χ2v) is 6.43. The molecule has 3 rings (SSSR count). The highest BCUT2D eigenvalue weighted by atomic mass is 35.5. The van der Waals surface area contributed by atoms with Crippen LogP contribution in [-0.2, 0) is 4.79 Å². The molecule has 2 atom stereocenters. The van der Waals surface area contributed by atoms with Crippen LogP contribution >= 0.6 is 12.4 Å². The van der Waals surface area contributed by atoms with Gasteiger partial charge in [-0.2, -0.15) is 0 Å². The molecule has 0 bridgehead atoms. The van der Waals surface area contributed by atoms with E-state index in [1.807, 2.05) is 11.0 Å². The van der Waals surface area contributed by atoms with E-state index in [0.29, 0.717) is 12.5 Å². The summed E-state index contributed by atoms with van der Waals surface area (Å²) in [6.45, 7) is 4.25. The molecule has 2 unspecified atom stereocenters. The smallest absolute Gasteiger partial charge is 0.237 e. The lowest BCUT2D eigenvalue weighted by molar-refractivity contribution is -0.131. The van der Waals surface area contributed by atoms with Gasteiger partial charge >= 0.3 is 0 Å². The summed E-state index contributed by atoms with van der Waals surface area (Å²) in [6.07, 6.45) is 3.55. The summed E-state index contributed by atoms with van der Waals surface area (Å²) in [5.74, 6) is 1.05. The Morgan fingerprint density at radius 3 is 2.82 bits per heavy atom. The highest BCUT2D eigenvalue weighted by molar-refractivity contribution is 5.85. The van der Waals surface area contributed by atoms with E-state index in [1.54, 1.807) is 12.1 Å². The SMILES string of the molecule is CC1CCN(C(=O)CNCC2CC2)C1c1cccc(F)c1.Cl. The van der Waals surface area contributed by atoms with Crippen LogP contribution in [0.3, 0.4) is 0 Å². The minimum Gasteiger partial charge on any atom is -0.334 e. The molecule has 3 nitrogen and oxygen atoms in total. The lowest BCUT2D eigenvalue weighted by atomic mass is 9.95. The molecule has 2 aliphatic rings. The van der Waals surface area contributed by atoms with Crippen molar-refractivity contribution in [1.82, 2.24) is 10.2 Å². The molecule has 1 saturated carbocycles. The number of amides is 1. The Bertz CT molecular complexity index is 521. The van der Waals surface area contributed by atoms with Crippen LogP contribution in [0.4, 0.5) is 4.39 Å². The molecule has 1 amide bonds. The van der Waals surface area contributed by atoms with Gasteiger partial charge in [-0.15, -0.1) is 12.4 Å². The summed E-state index contributed by atoms with van der Waals surface area (Å²) in [5.41, 5.74) is 0.913. The topological polar surface area (TPSA) is 32.3 Å². The van der Waals surface area contributed by atoms with Crippen molar-refractivity contribution in [3.63, 3.8) is 0 Å². The Balaban J connectivity index is 0.00000176. The minimum absolute atomic E-state index is 0. The first-order valence-corrected chi connectivity index (χ1v) is 7.91. The molecule has 0 aromatic heterocycles. The van der Waals surface area contributed by atoms with Crippen molar-refractivity contribution in [2.45, 2.75) is 32.2 Å². The highest BCUT2D eigenvalue weighted by Crippen LogP contribution is 2.37. The average Bonchev–Trinajstić information content (AvgIpc) is 3.19. The van der Waals surface area contributed by atoms with Gasteiger partial charge in [-0.05, 0) is 55.3 Å². The van der Waals surface area contributed by atoms with Crippen molar-refractivity contribution in [3.05, 3.63) is 35.6 Å². The Labute approximate surface area is 137 Å². The fourth-order valence-electron chi connectivity index (χ4n) is 3.23. The van der Waals surface area contributed by atoms with E-state index < -0.39 is 0 Å².